The first-order valence-corrected chi connectivity index (χ1v) is 8.89. The van der Waals surface area contributed by atoms with Crippen LogP contribution in [0, 0.1) is 17.0 Å². The van der Waals surface area contributed by atoms with E-state index in [1.54, 1.807) is 18.2 Å². The SMILES string of the molecule is Cc1cc(Br)ccc1NC(=O)CNC(=O)/C=C/c1ccc(Cl)c([N+](=O)[O-])c1. The molecule has 0 aliphatic carbocycles. The van der Waals surface area contributed by atoms with Gasteiger partial charge in [-0.15, -0.1) is 0 Å². The van der Waals surface area contributed by atoms with Crippen molar-refractivity contribution in [3.8, 4) is 0 Å². The fourth-order valence-electron chi connectivity index (χ4n) is 2.13. The van der Waals surface area contributed by atoms with Gasteiger partial charge >= 0.3 is 0 Å². The lowest BCUT2D eigenvalue weighted by molar-refractivity contribution is -0.384. The summed E-state index contributed by atoms with van der Waals surface area (Å²) in [6.07, 6.45) is 2.58. The summed E-state index contributed by atoms with van der Waals surface area (Å²) in [7, 11) is 0. The lowest BCUT2D eigenvalue weighted by Crippen LogP contribution is -2.31. The predicted octanol–water partition coefficient (Wildman–Crippen LogP) is 4.09. The van der Waals surface area contributed by atoms with E-state index in [2.05, 4.69) is 26.6 Å². The molecular weight excluding hydrogens is 438 g/mol. The average molecular weight is 453 g/mol. The molecule has 0 fully saturated rings. The standard InChI is InChI=1S/C18H15BrClN3O4/c1-11-8-13(19)4-6-15(11)22-18(25)10-21-17(24)7-3-12-2-5-14(20)16(9-12)23(26)27/h2-9H,10H2,1H3,(H,21,24)(H,22,25)/b7-3+. The molecule has 0 saturated heterocycles. The Morgan fingerprint density at radius 1 is 1.26 bits per heavy atom. The van der Waals surface area contributed by atoms with E-state index in [1.165, 1.54) is 24.3 Å². The average Bonchev–Trinajstić information content (AvgIpc) is 2.61. The third-order valence-electron chi connectivity index (χ3n) is 3.48. The Morgan fingerprint density at radius 2 is 2.00 bits per heavy atom. The van der Waals surface area contributed by atoms with Gasteiger partial charge in [0.05, 0.1) is 11.5 Å². The van der Waals surface area contributed by atoms with Crippen LogP contribution in [0.3, 0.4) is 0 Å². The molecule has 2 amide bonds. The third-order valence-corrected chi connectivity index (χ3v) is 4.29. The Kier molecular flexibility index (Phi) is 7.09. The fraction of sp³-hybridized carbons (Fsp3) is 0.111. The fourth-order valence-corrected chi connectivity index (χ4v) is 2.80. The van der Waals surface area contributed by atoms with E-state index in [9.17, 15) is 19.7 Å². The number of nitrogens with zero attached hydrogens (tertiary/aromatic N) is 1. The van der Waals surface area contributed by atoms with Gasteiger partial charge in [0.15, 0.2) is 0 Å². The van der Waals surface area contributed by atoms with E-state index in [0.29, 0.717) is 11.3 Å². The van der Waals surface area contributed by atoms with E-state index in [-0.39, 0.29) is 23.2 Å². The lowest BCUT2D eigenvalue weighted by Gasteiger charge is -2.09. The molecule has 0 heterocycles. The molecule has 0 radical (unpaired) electrons. The van der Waals surface area contributed by atoms with Crippen LogP contribution >= 0.6 is 27.5 Å². The number of rotatable bonds is 6. The quantitative estimate of drug-likeness (QED) is 0.391. The Hall–Kier alpha value is -2.71. The minimum Gasteiger partial charge on any atom is -0.343 e. The van der Waals surface area contributed by atoms with E-state index in [1.807, 2.05) is 13.0 Å². The van der Waals surface area contributed by atoms with Gasteiger partial charge in [0, 0.05) is 22.3 Å². The molecule has 0 aliphatic heterocycles. The smallest absolute Gasteiger partial charge is 0.288 e. The molecule has 0 aromatic heterocycles. The van der Waals surface area contributed by atoms with Gasteiger partial charge in [0.25, 0.3) is 5.69 Å². The Balaban J connectivity index is 1.90. The maximum atomic E-state index is 11.9. The molecule has 0 aliphatic rings. The second-order valence-electron chi connectivity index (χ2n) is 5.53. The monoisotopic (exact) mass is 451 g/mol. The molecular formula is C18H15BrClN3O4. The van der Waals surface area contributed by atoms with Crippen molar-refractivity contribution in [2.45, 2.75) is 6.92 Å². The number of halogens is 2. The second kappa shape index (κ2) is 9.29. The first kappa shape index (κ1) is 20.6. The van der Waals surface area contributed by atoms with Crippen molar-refractivity contribution in [2.24, 2.45) is 0 Å². The van der Waals surface area contributed by atoms with Crippen LogP contribution in [-0.4, -0.2) is 23.3 Å². The second-order valence-corrected chi connectivity index (χ2v) is 6.85. The number of hydrogen-bond donors (Lipinski definition) is 2. The van der Waals surface area contributed by atoms with Crippen LogP contribution in [0.25, 0.3) is 6.08 Å². The minimum atomic E-state index is -0.603. The highest BCUT2D eigenvalue weighted by atomic mass is 79.9. The van der Waals surface area contributed by atoms with Crippen molar-refractivity contribution in [3.05, 3.63) is 73.2 Å². The van der Waals surface area contributed by atoms with Crippen LogP contribution in [0.4, 0.5) is 11.4 Å². The maximum absolute atomic E-state index is 11.9. The molecule has 0 atom stereocenters. The topological polar surface area (TPSA) is 101 Å². The molecule has 7 nitrogen and oxygen atoms in total. The first-order chi connectivity index (χ1) is 12.8. The molecule has 0 unspecified atom stereocenters. The summed E-state index contributed by atoms with van der Waals surface area (Å²) in [6, 6.07) is 9.60. The van der Waals surface area contributed by atoms with Crippen molar-refractivity contribution in [2.75, 3.05) is 11.9 Å². The number of hydrogen-bond acceptors (Lipinski definition) is 4. The van der Waals surface area contributed by atoms with Crippen molar-refractivity contribution >= 4 is 56.8 Å². The van der Waals surface area contributed by atoms with Crippen LogP contribution in [0.2, 0.25) is 5.02 Å². The van der Waals surface area contributed by atoms with Crippen molar-refractivity contribution < 1.29 is 14.5 Å². The number of aryl methyl sites for hydroxylation is 1. The summed E-state index contributed by atoms with van der Waals surface area (Å²) < 4.78 is 0.902. The van der Waals surface area contributed by atoms with Crippen molar-refractivity contribution in [1.82, 2.24) is 5.32 Å². The molecule has 0 bridgehead atoms. The minimum absolute atomic E-state index is 0.0153. The summed E-state index contributed by atoms with van der Waals surface area (Å²) in [4.78, 5) is 34.0. The van der Waals surface area contributed by atoms with Crippen LogP contribution in [-0.2, 0) is 9.59 Å². The third kappa shape index (κ3) is 6.19. The van der Waals surface area contributed by atoms with Crippen LogP contribution in [0.15, 0.2) is 46.9 Å². The Labute approximate surface area is 168 Å². The van der Waals surface area contributed by atoms with Gasteiger partial charge in [-0.05, 0) is 48.4 Å². The number of nitro benzene ring substituents is 1. The highest BCUT2D eigenvalue weighted by Crippen LogP contribution is 2.25. The summed E-state index contributed by atoms with van der Waals surface area (Å²) in [5.74, 6) is -0.875. The van der Waals surface area contributed by atoms with Gasteiger partial charge in [-0.25, -0.2) is 0 Å². The molecule has 2 aromatic rings. The highest BCUT2D eigenvalue weighted by Gasteiger charge is 2.12. The number of nitrogens with one attached hydrogen (secondary N) is 2. The molecule has 2 N–H and O–H groups in total. The van der Waals surface area contributed by atoms with Crippen LogP contribution in [0.1, 0.15) is 11.1 Å². The molecule has 9 heteroatoms. The van der Waals surface area contributed by atoms with Gasteiger partial charge < -0.3 is 10.6 Å². The molecule has 2 aromatic carbocycles. The normalized spacial score (nSPS) is 10.6. The first-order valence-electron chi connectivity index (χ1n) is 7.72. The summed E-state index contributed by atoms with van der Waals surface area (Å²) in [5.41, 5.74) is 1.73. The number of carbonyl (C=O) groups is 2. The van der Waals surface area contributed by atoms with E-state index in [4.69, 9.17) is 11.6 Å². The zero-order valence-electron chi connectivity index (χ0n) is 14.2. The number of carbonyl (C=O) groups excluding carboxylic acids is 2. The number of benzene rings is 2. The Morgan fingerprint density at radius 3 is 2.67 bits per heavy atom. The zero-order chi connectivity index (χ0) is 20.0. The summed E-state index contributed by atoms with van der Waals surface area (Å²) >= 11 is 9.08. The van der Waals surface area contributed by atoms with Gasteiger partial charge in [-0.3, -0.25) is 19.7 Å². The molecule has 27 heavy (non-hydrogen) atoms. The maximum Gasteiger partial charge on any atom is 0.288 e. The van der Waals surface area contributed by atoms with E-state index >= 15 is 0 Å². The van der Waals surface area contributed by atoms with Gasteiger partial charge in [-0.2, -0.15) is 0 Å². The van der Waals surface area contributed by atoms with Crippen LogP contribution < -0.4 is 10.6 Å². The zero-order valence-corrected chi connectivity index (χ0v) is 16.5. The largest absolute Gasteiger partial charge is 0.343 e. The van der Waals surface area contributed by atoms with Gasteiger partial charge in [-0.1, -0.05) is 33.6 Å². The van der Waals surface area contributed by atoms with Crippen LogP contribution in [0.5, 0.6) is 0 Å². The molecule has 140 valence electrons. The molecule has 0 spiro atoms. The number of amides is 2. The van der Waals surface area contributed by atoms with Gasteiger partial charge in [0.1, 0.15) is 5.02 Å². The lowest BCUT2D eigenvalue weighted by atomic mass is 10.2. The number of nitro groups is 1. The highest BCUT2D eigenvalue weighted by molar-refractivity contribution is 9.10. The summed E-state index contributed by atoms with van der Waals surface area (Å²) in [6.45, 7) is 1.65. The number of anilines is 1. The van der Waals surface area contributed by atoms with E-state index < -0.39 is 10.8 Å². The predicted molar refractivity (Wildman–Crippen MR) is 108 cm³/mol. The molecule has 2 rings (SSSR count). The van der Waals surface area contributed by atoms with Crippen molar-refractivity contribution in [3.63, 3.8) is 0 Å². The van der Waals surface area contributed by atoms with Gasteiger partial charge in [0.2, 0.25) is 11.8 Å². The Bertz CT molecular complexity index is 931. The summed E-state index contributed by atoms with van der Waals surface area (Å²) in [5, 5.41) is 16.0. The molecule has 0 saturated carbocycles. The van der Waals surface area contributed by atoms with E-state index in [0.717, 1.165) is 10.0 Å². The van der Waals surface area contributed by atoms with Crippen molar-refractivity contribution in [1.29, 1.82) is 0 Å².